The van der Waals surface area contributed by atoms with Gasteiger partial charge in [-0.2, -0.15) is 0 Å². The molecule has 3 nitrogen and oxygen atoms in total. The summed E-state index contributed by atoms with van der Waals surface area (Å²) in [6.45, 7) is 6.53. The van der Waals surface area contributed by atoms with Crippen LogP contribution in [0.2, 0.25) is 0 Å². The minimum absolute atomic E-state index is 0.140. The predicted molar refractivity (Wildman–Crippen MR) is 47.4 cm³/mol. The normalized spacial score (nSPS) is 24.5. The number of hydrogen-bond donors (Lipinski definition) is 0. The number of amides is 1. The summed E-state index contributed by atoms with van der Waals surface area (Å²) < 4.78 is 5.00. The van der Waals surface area contributed by atoms with Crippen molar-refractivity contribution < 1.29 is 9.53 Å². The number of rotatable bonds is 1. The first-order valence-corrected chi connectivity index (χ1v) is 4.53. The van der Waals surface area contributed by atoms with E-state index in [1.165, 1.54) is 0 Å². The average molecular weight is 192 g/mol. The zero-order chi connectivity index (χ0) is 9.35. The number of alkyl halides is 1. The van der Waals surface area contributed by atoms with Crippen LogP contribution in [0, 0.1) is 0 Å². The highest BCUT2D eigenvalue weighted by Gasteiger charge is 2.37. The zero-order valence-electron chi connectivity index (χ0n) is 7.63. The molecule has 12 heavy (non-hydrogen) atoms. The average Bonchev–Trinajstić information content (AvgIpc) is 2.29. The van der Waals surface area contributed by atoms with E-state index in [4.69, 9.17) is 16.3 Å². The molecule has 0 saturated carbocycles. The van der Waals surface area contributed by atoms with Gasteiger partial charge in [-0.05, 0) is 20.8 Å². The van der Waals surface area contributed by atoms with Gasteiger partial charge in [-0.15, -0.1) is 11.6 Å². The molecule has 1 heterocycles. The number of carbonyl (C=O) groups is 1. The minimum Gasteiger partial charge on any atom is -0.443 e. The lowest BCUT2D eigenvalue weighted by atomic mass is 10.1. The van der Waals surface area contributed by atoms with Crippen molar-refractivity contribution in [1.82, 2.24) is 4.90 Å². The van der Waals surface area contributed by atoms with Crippen molar-refractivity contribution in [3.05, 3.63) is 0 Å². The summed E-state index contributed by atoms with van der Waals surface area (Å²) in [7, 11) is 0. The highest BCUT2D eigenvalue weighted by Crippen LogP contribution is 2.22. The van der Waals surface area contributed by atoms with Gasteiger partial charge in [0.1, 0.15) is 6.10 Å². The fourth-order valence-corrected chi connectivity index (χ4v) is 1.31. The van der Waals surface area contributed by atoms with Crippen molar-refractivity contribution in [2.24, 2.45) is 0 Å². The van der Waals surface area contributed by atoms with Gasteiger partial charge in [-0.3, -0.25) is 4.90 Å². The number of carbonyl (C=O) groups excluding carboxylic acids is 1. The molecule has 1 atom stereocenters. The van der Waals surface area contributed by atoms with Crippen LogP contribution >= 0.6 is 11.6 Å². The lowest BCUT2D eigenvalue weighted by molar-refractivity contribution is 0.123. The third-order valence-electron chi connectivity index (χ3n) is 1.86. The molecular formula is C8H14ClNO2. The van der Waals surface area contributed by atoms with Gasteiger partial charge in [-0.1, -0.05) is 0 Å². The molecule has 70 valence electrons. The molecule has 0 spiro atoms. The fourth-order valence-electron chi connectivity index (χ4n) is 1.15. The Morgan fingerprint density at radius 3 is 2.50 bits per heavy atom. The van der Waals surface area contributed by atoms with Gasteiger partial charge in [0.05, 0.1) is 12.4 Å². The maximum Gasteiger partial charge on any atom is 0.410 e. The summed E-state index contributed by atoms with van der Waals surface area (Å²) >= 11 is 5.58. The molecule has 0 aromatic carbocycles. The molecule has 0 bridgehead atoms. The second-order valence-electron chi connectivity index (χ2n) is 3.94. The van der Waals surface area contributed by atoms with Crippen LogP contribution in [-0.4, -0.2) is 35.1 Å². The van der Waals surface area contributed by atoms with Crippen molar-refractivity contribution in [3.8, 4) is 0 Å². The van der Waals surface area contributed by atoms with E-state index in [-0.39, 0.29) is 17.7 Å². The highest BCUT2D eigenvalue weighted by molar-refractivity contribution is 6.18. The van der Waals surface area contributed by atoms with Gasteiger partial charge < -0.3 is 4.74 Å². The summed E-state index contributed by atoms with van der Waals surface area (Å²) in [5.74, 6) is 0.373. The van der Waals surface area contributed by atoms with Crippen LogP contribution in [0.3, 0.4) is 0 Å². The number of nitrogens with zero attached hydrogens (tertiary/aromatic N) is 1. The Balaban J connectivity index is 2.64. The third-order valence-corrected chi connectivity index (χ3v) is 2.20. The first kappa shape index (κ1) is 9.65. The summed E-state index contributed by atoms with van der Waals surface area (Å²) in [6, 6.07) is 0. The molecule has 1 aliphatic rings. The standard InChI is InChI=1S/C8H14ClNO2/c1-8(2,3)10-5-6(4-9)12-7(10)11/h6H,4-5H2,1-3H3. The van der Waals surface area contributed by atoms with Crippen LogP contribution < -0.4 is 0 Å². The first-order valence-electron chi connectivity index (χ1n) is 3.99. The van der Waals surface area contributed by atoms with Gasteiger partial charge in [0.15, 0.2) is 0 Å². The van der Waals surface area contributed by atoms with E-state index in [9.17, 15) is 4.79 Å². The molecule has 0 N–H and O–H groups in total. The second kappa shape index (κ2) is 3.13. The van der Waals surface area contributed by atoms with Crippen molar-refractivity contribution >= 4 is 17.7 Å². The van der Waals surface area contributed by atoms with Crippen LogP contribution in [-0.2, 0) is 4.74 Å². The van der Waals surface area contributed by atoms with Crippen molar-refractivity contribution in [1.29, 1.82) is 0 Å². The molecule has 0 aromatic heterocycles. The smallest absolute Gasteiger partial charge is 0.410 e. The molecule has 0 aliphatic carbocycles. The lowest BCUT2D eigenvalue weighted by Crippen LogP contribution is -2.42. The maximum atomic E-state index is 11.2. The number of hydrogen-bond acceptors (Lipinski definition) is 2. The summed E-state index contributed by atoms with van der Waals surface area (Å²) in [4.78, 5) is 12.9. The number of halogens is 1. The SMILES string of the molecule is CC(C)(C)N1CC(CCl)OC1=O. The molecule has 1 unspecified atom stereocenters. The van der Waals surface area contributed by atoms with E-state index in [1.807, 2.05) is 20.8 Å². The van der Waals surface area contributed by atoms with E-state index < -0.39 is 0 Å². The Kier molecular flexibility index (Phi) is 2.52. The van der Waals surface area contributed by atoms with Crippen molar-refractivity contribution in [2.45, 2.75) is 32.4 Å². The second-order valence-corrected chi connectivity index (χ2v) is 4.25. The molecule has 1 fully saturated rings. The molecule has 1 saturated heterocycles. The fraction of sp³-hybridized carbons (Fsp3) is 0.875. The minimum atomic E-state index is -0.256. The monoisotopic (exact) mass is 191 g/mol. The number of ether oxygens (including phenoxy) is 1. The quantitative estimate of drug-likeness (QED) is 0.592. The van der Waals surface area contributed by atoms with E-state index in [1.54, 1.807) is 4.90 Å². The molecule has 4 heteroatoms. The van der Waals surface area contributed by atoms with E-state index in [0.717, 1.165) is 0 Å². The van der Waals surface area contributed by atoms with Gasteiger partial charge >= 0.3 is 6.09 Å². The van der Waals surface area contributed by atoms with Crippen LogP contribution in [0.1, 0.15) is 20.8 Å². The third kappa shape index (κ3) is 1.83. The van der Waals surface area contributed by atoms with Gasteiger partial charge in [0, 0.05) is 5.54 Å². The Morgan fingerprint density at radius 1 is 1.67 bits per heavy atom. The van der Waals surface area contributed by atoms with Gasteiger partial charge in [-0.25, -0.2) is 4.79 Å². The van der Waals surface area contributed by atoms with Crippen LogP contribution in [0.25, 0.3) is 0 Å². The first-order chi connectivity index (χ1) is 5.45. The number of cyclic esters (lactones) is 1. The van der Waals surface area contributed by atoms with Crippen LogP contribution in [0.15, 0.2) is 0 Å². The van der Waals surface area contributed by atoms with Gasteiger partial charge in [0.2, 0.25) is 0 Å². The highest BCUT2D eigenvalue weighted by atomic mass is 35.5. The Hall–Kier alpha value is -0.440. The van der Waals surface area contributed by atoms with Crippen LogP contribution in [0.5, 0.6) is 0 Å². The van der Waals surface area contributed by atoms with Gasteiger partial charge in [0.25, 0.3) is 0 Å². The predicted octanol–water partition coefficient (Wildman–Crippen LogP) is 1.84. The topological polar surface area (TPSA) is 29.5 Å². The van der Waals surface area contributed by atoms with Crippen molar-refractivity contribution in [3.63, 3.8) is 0 Å². The molecule has 1 aliphatic heterocycles. The van der Waals surface area contributed by atoms with E-state index >= 15 is 0 Å². The molecular weight excluding hydrogens is 178 g/mol. The Bertz CT molecular complexity index is 188. The summed E-state index contributed by atoms with van der Waals surface area (Å²) in [5.41, 5.74) is -0.169. The Morgan fingerprint density at radius 2 is 2.25 bits per heavy atom. The Labute approximate surface area is 77.6 Å². The van der Waals surface area contributed by atoms with Crippen molar-refractivity contribution in [2.75, 3.05) is 12.4 Å². The zero-order valence-corrected chi connectivity index (χ0v) is 8.39. The molecule has 0 radical (unpaired) electrons. The summed E-state index contributed by atoms with van der Waals surface area (Å²) in [5, 5.41) is 0. The van der Waals surface area contributed by atoms with E-state index in [2.05, 4.69) is 0 Å². The van der Waals surface area contributed by atoms with E-state index in [0.29, 0.717) is 12.4 Å². The lowest BCUT2D eigenvalue weighted by Gasteiger charge is -2.29. The maximum absolute atomic E-state index is 11.2. The largest absolute Gasteiger partial charge is 0.443 e. The molecule has 1 amide bonds. The molecule has 1 rings (SSSR count). The molecule has 0 aromatic rings. The van der Waals surface area contributed by atoms with Crippen LogP contribution in [0.4, 0.5) is 4.79 Å². The summed E-state index contributed by atoms with van der Waals surface area (Å²) in [6.07, 6.45) is -0.397.